The lowest BCUT2D eigenvalue weighted by Gasteiger charge is -2.43. The predicted molar refractivity (Wildman–Crippen MR) is 159 cm³/mol. The topological polar surface area (TPSA) is 50.1 Å². The molecule has 0 heterocycles. The number of carbonyl (C=O) groups is 1. The highest BCUT2D eigenvalue weighted by atomic mass is 16.5. The van der Waals surface area contributed by atoms with Crippen LogP contribution in [0.25, 0.3) is 10.8 Å². The fraction of sp³-hybridized carbons (Fsp3) is 0.333. The van der Waals surface area contributed by atoms with Crippen molar-refractivity contribution in [1.29, 1.82) is 5.26 Å². The summed E-state index contributed by atoms with van der Waals surface area (Å²) in [6.45, 7) is 6.70. The van der Waals surface area contributed by atoms with E-state index in [1.54, 1.807) is 0 Å². The van der Waals surface area contributed by atoms with Gasteiger partial charge < -0.3 is 4.74 Å². The molecule has 200 valence electrons. The zero-order valence-corrected chi connectivity index (χ0v) is 23.4. The number of ether oxygens (including phenoxy) is 1. The van der Waals surface area contributed by atoms with E-state index in [-0.39, 0.29) is 12.6 Å². The van der Waals surface area contributed by atoms with Crippen molar-refractivity contribution < 1.29 is 9.53 Å². The first kappa shape index (κ1) is 28.1. The minimum Gasteiger partial charge on any atom is -0.460 e. The fourth-order valence-electron chi connectivity index (χ4n) is 5.93. The molecule has 0 radical (unpaired) electrons. The molecule has 4 rings (SSSR count). The Balaban J connectivity index is 1.74. The van der Waals surface area contributed by atoms with Crippen LogP contribution >= 0.6 is 0 Å². The average molecular weight is 518 g/mol. The first-order chi connectivity index (χ1) is 18.9. The van der Waals surface area contributed by atoms with Gasteiger partial charge in [0.1, 0.15) is 6.61 Å². The van der Waals surface area contributed by atoms with Gasteiger partial charge in [-0.05, 0) is 59.6 Å². The smallest absolute Gasteiger partial charge is 0.312 e. The molecular weight excluding hydrogens is 478 g/mol. The first-order valence-corrected chi connectivity index (χ1v) is 14.0. The van der Waals surface area contributed by atoms with Crippen molar-refractivity contribution in [2.45, 2.75) is 64.9 Å². The summed E-state index contributed by atoms with van der Waals surface area (Å²) in [4.78, 5) is 14.0. The molecule has 2 atom stereocenters. The van der Waals surface area contributed by atoms with E-state index in [9.17, 15) is 10.1 Å². The number of hydrogen-bond donors (Lipinski definition) is 0. The molecule has 0 aliphatic carbocycles. The second-order valence-electron chi connectivity index (χ2n) is 11.1. The van der Waals surface area contributed by atoms with Crippen LogP contribution in [0.15, 0.2) is 103 Å². The van der Waals surface area contributed by atoms with Crippen molar-refractivity contribution in [2.75, 3.05) is 0 Å². The van der Waals surface area contributed by atoms with Crippen LogP contribution < -0.4 is 0 Å². The third-order valence-corrected chi connectivity index (χ3v) is 8.26. The highest BCUT2D eigenvalue weighted by molar-refractivity contribution is 5.86. The van der Waals surface area contributed by atoms with Crippen LogP contribution in [-0.4, -0.2) is 5.97 Å². The summed E-state index contributed by atoms with van der Waals surface area (Å²) in [7, 11) is 0. The third-order valence-electron chi connectivity index (χ3n) is 8.26. The van der Waals surface area contributed by atoms with Crippen LogP contribution in [0.5, 0.6) is 0 Å². The summed E-state index contributed by atoms with van der Waals surface area (Å²) < 4.78 is 6.10. The standard InChI is InChI=1S/C36H39NO2/c1-4-28(2)25-36(31-18-7-5-8-19-31,32-20-9-6-10-21-32)27-35(3,23-14-24-37)34(38)39-26-30-17-13-16-29-15-11-12-22-33(29)30/h5-13,15-22,28H,4,14,23,25-27H2,1-3H3. The van der Waals surface area contributed by atoms with Gasteiger partial charge in [0.05, 0.1) is 11.5 Å². The van der Waals surface area contributed by atoms with Crippen molar-refractivity contribution in [3.05, 3.63) is 120 Å². The van der Waals surface area contributed by atoms with Crippen molar-refractivity contribution in [3.8, 4) is 6.07 Å². The van der Waals surface area contributed by atoms with Crippen LogP contribution in [0.3, 0.4) is 0 Å². The largest absolute Gasteiger partial charge is 0.460 e. The van der Waals surface area contributed by atoms with Crippen molar-refractivity contribution in [3.63, 3.8) is 0 Å². The van der Waals surface area contributed by atoms with E-state index in [0.717, 1.165) is 29.2 Å². The minimum absolute atomic E-state index is 0.206. The molecule has 3 heteroatoms. The molecule has 0 N–H and O–H groups in total. The molecule has 3 nitrogen and oxygen atoms in total. The Morgan fingerprint density at radius 2 is 1.46 bits per heavy atom. The Kier molecular flexibility index (Phi) is 9.20. The van der Waals surface area contributed by atoms with Gasteiger partial charge in [0, 0.05) is 11.8 Å². The summed E-state index contributed by atoms with van der Waals surface area (Å²) >= 11 is 0. The van der Waals surface area contributed by atoms with Crippen LogP contribution in [0.2, 0.25) is 0 Å². The molecule has 0 spiro atoms. The van der Waals surface area contributed by atoms with Gasteiger partial charge in [0.15, 0.2) is 0 Å². The zero-order chi connectivity index (χ0) is 27.7. The quantitative estimate of drug-likeness (QED) is 0.176. The Bertz CT molecular complexity index is 1360. The van der Waals surface area contributed by atoms with Gasteiger partial charge in [-0.2, -0.15) is 5.26 Å². The molecule has 39 heavy (non-hydrogen) atoms. The van der Waals surface area contributed by atoms with Gasteiger partial charge in [-0.25, -0.2) is 0 Å². The van der Waals surface area contributed by atoms with Gasteiger partial charge in [0.2, 0.25) is 0 Å². The molecular formula is C36H39NO2. The monoisotopic (exact) mass is 517 g/mol. The van der Waals surface area contributed by atoms with Crippen LogP contribution in [0.1, 0.15) is 69.6 Å². The lowest BCUT2D eigenvalue weighted by atomic mass is 9.60. The van der Waals surface area contributed by atoms with E-state index in [2.05, 4.69) is 86.6 Å². The Morgan fingerprint density at radius 3 is 2.08 bits per heavy atom. The van der Waals surface area contributed by atoms with E-state index in [0.29, 0.717) is 25.2 Å². The predicted octanol–water partition coefficient (Wildman–Crippen LogP) is 9.01. The number of fused-ring (bicyclic) bond motifs is 1. The summed E-state index contributed by atoms with van der Waals surface area (Å²) in [6.07, 6.45) is 3.25. The van der Waals surface area contributed by atoms with Gasteiger partial charge in [-0.1, -0.05) is 123 Å². The normalized spacial score (nSPS) is 13.8. The lowest BCUT2D eigenvalue weighted by molar-refractivity contribution is -0.158. The highest BCUT2D eigenvalue weighted by Crippen LogP contribution is 2.49. The van der Waals surface area contributed by atoms with E-state index >= 15 is 0 Å². The molecule has 0 fully saturated rings. The summed E-state index contributed by atoms with van der Waals surface area (Å²) in [5, 5.41) is 11.8. The number of hydrogen-bond acceptors (Lipinski definition) is 3. The molecule has 0 saturated carbocycles. The zero-order valence-electron chi connectivity index (χ0n) is 23.4. The van der Waals surface area contributed by atoms with Crippen LogP contribution in [0, 0.1) is 22.7 Å². The Morgan fingerprint density at radius 1 is 0.872 bits per heavy atom. The van der Waals surface area contributed by atoms with E-state index in [1.807, 2.05) is 43.3 Å². The molecule has 0 aliphatic rings. The van der Waals surface area contributed by atoms with Gasteiger partial charge >= 0.3 is 5.97 Å². The molecule has 0 aliphatic heterocycles. The van der Waals surface area contributed by atoms with E-state index in [1.165, 1.54) is 11.1 Å². The van der Waals surface area contributed by atoms with Crippen molar-refractivity contribution in [2.24, 2.45) is 11.3 Å². The minimum atomic E-state index is -0.848. The molecule has 0 saturated heterocycles. The number of nitriles is 1. The molecule has 0 amide bonds. The lowest BCUT2D eigenvalue weighted by Crippen LogP contribution is -2.41. The number of carbonyl (C=O) groups excluding carboxylic acids is 1. The molecule has 4 aromatic carbocycles. The van der Waals surface area contributed by atoms with Gasteiger partial charge in [-0.3, -0.25) is 4.79 Å². The SMILES string of the molecule is CCC(C)CC(CC(C)(CCC#N)C(=O)OCc1cccc2ccccc12)(c1ccccc1)c1ccccc1. The van der Waals surface area contributed by atoms with Crippen LogP contribution in [0.4, 0.5) is 0 Å². The van der Waals surface area contributed by atoms with E-state index < -0.39 is 10.8 Å². The Labute approximate surface area is 233 Å². The maximum Gasteiger partial charge on any atom is 0.312 e. The van der Waals surface area contributed by atoms with Gasteiger partial charge in [-0.15, -0.1) is 0 Å². The van der Waals surface area contributed by atoms with Crippen molar-refractivity contribution in [1.82, 2.24) is 0 Å². The highest BCUT2D eigenvalue weighted by Gasteiger charge is 2.46. The van der Waals surface area contributed by atoms with E-state index in [4.69, 9.17) is 4.74 Å². The summed E-state index contributed by atoms with van der Waals surface area (Å²) in [5.41, 5.74) is 2.13. The Hall–Kier alpha value is -3.90. The molecule has 0 aromatic heterocycles. The van der Waals surface area contributed by atoms with Gasteiger partial charge in [0.25, 0.3) is 0 Å². The first-order valence-electron chi connectivity index (χ1n) is 14.0. The second-order valence-corrected chi connectivity index (χ2v) is 11.1. The number of esters is 1. The molecule has 2 unspecified atom stereocenters. The second kappa shape index (κ2) is 12.8. The number of benzene rings is 4. The van der Waals surface area contributed by atoms with Crippen LogP contribution in [-0.2, 0) is 21.6 Å². The summed E-state index contributed by atoms with van der Waals surface area (Å²) in [5.74, 6) is 0.198. The molecule has 4 aromatic rings. The fourth-order valence-corrected chi connectivity index (χ4v) is 5.93. The molecule has 0 bridgehead atoms. The number of nitrogens with zero attached hydrogens (tertiary/aromatic N) is 1. The maximum atomic E-state index is 14.0. The third kappa shape index (κ3) is 6.40. The summed E-state index contributed by atoms with van der Waals surface area (Å²) in [6, 6.07) is 37.7. The maximum absolute atomic E-state index is 14.0. The van der Waals surface area contributed by atoms with Crippen molar-refractivity contribution >= 4 is 16.7 Å². The average Bonchev–Trinajstić information content (AvgIpc) is 2.99. The number of rotatable bonds is 12.